The fourth-order valence-corrected chi connectivity index (χ4v) is 2.86. The van der Waals surface area contributed by atoms with Gasteiger partial charge in [0.25, 0.3) is 0 Å². The van der Waals surface area contributed by atoms with Crippen LogP contribution in [-0.2, 0) is 4.79 Å². The maximum Gasteiger partial charge on any atom is 0.306 e. The first-order valence-corrected chi connectivity index (χ1v) is 8.27. The maximum atomic E-state index is 11.4. The highest BCUT2D eigenvalue weighted by molar-refractivity contribution is 5.69. The molecule has 114 valence electrons. The monoisotopic (exact) mass is 270 g/mol. The first kappa shape index (κ1) is 18.5. The molecule has 0 aliphatic carbocycles. The van der Waals surface area contributed by atoms with Crippen molar-refractivity contribution in [2.75, 3.05) is 0 Å². The Morgan fingerprint density at radius 1 is 1.00 bits per heavy atom. The molecule has 19 heavy (non-hydrogen) atoms. The third-order valence-electron chi connectivity index (χ3n) is 4.25. The lowest BCUT2D eigenvalue weighted by atomic mass is 9.82. The molecule has 0 rings (SSSR count). The van der Waals surface area contributed by atoms with E-state index in [9.17, 15) is 9.90 Å². The Labute approximate surface area is 120 Å². The summed E-state index contributed by atoms with van der Waals surface area (Å²) in [5, 5.41) is 9.38. The summed E-state index contributed by atoms with van der Waals surface area (Å²) in [7, 11) is 0. The van der Waals surface area contributed by atoms with Crippen molar-refractivity contribution in [3.8, 4) is 0 Å². The Balaban J connectivity index is 4.33. The van der Waals surface area contributed by atoms with E-state index in [1.807, 2.05) is 0 Å². The average Bonchev–Trinajstić information content (AvgIpc) is 2.37. The Morgan fingerprint density at radius 3 is 2.16 bits per heavy atom. The van der Waals surface area contributed by atoms with Crippen LogP contribution in [0.2, 0.25) is 0 Å². The van der Waals surface area contributed by atoms with Crippen molar-refractivity contribution in [3.63, 3.8) is 0 Å². The Hall–Kier alpha value is -0.530. The van der Waals surface area contributed by atoms with Crippen LogP contribution in [-0.4, -0.2) is 11.1 Å². The molecule has 2 nitrogen and oxygen atoms in total. The van der Waals surface area contributed by atoms with Crippen LogP contribution in [0.4, 0.5) is 0 Å². The molecule has 0 saturated heterocycles. The number of carboxylic acids is 1. The van der Waals surface area contributed by atoms with Crippen LogP contribution in [0.15, 0.2) is 0 Å². The van der Waals surface area contributed by atoms with E-state index in [0.29, 0.717) is 5.92 Å². The highest BCUT2D eigenvalue weighted by atomic mass is 16.4. The molecule has 0 aliphatic rings. The van der Waals surface area contributed by atoms with E-state index in [1.54, 1.807) is 0 Å². The van der Waals surface area contributed by atoms with Crippen LogP contribution in [0.1, 0.15) is 85.5 Å². The summed E-state index contributed by atoms with van der Waals surface area (Å²) >= 11 is 0. The Bertz CT molecular complexity index is 225. The van der Waals surface area contributed by atoms with Crippen molar-refractivity contribution < 1.29 is 9.90 Å². The lowest BCUT2D eigenvalue weighted by Gasteiger charge is -2.23. The highest BCUT2D eigenvalue weighted by Crippen LogP contribution is 2.28. The number of aliphatic carboxylic acids is 1. The summed E-state index contributed by atoms with van der Waals surface area (Å²) in [5.41, 5.74) is 0. The molecule has 2 heteroatoms. The second-order valence-corrected chi connectivity index (χ2v) is 6.17. The lowest BCUT2D eigenvalue weighted by molar-refractivity contribution is -0.142. The highest BCUT2D eigenvalue weighted by Gasteiger charge is 2.22. The molecule has 0 aromatic rings. The molecule has 0 fully saturated rings. The van der Waals surface area contributed by atoms with Gasteiger partial charge in [-0.2, -0.15) is 0 Å². The molecule has 1 N–H and O–H groups in total. The van der Waals surface area contributed by atoms with Gasteiger partial charge in [0.1, 0.15) is 0 Å². The van der Waals surface area contributed by atoms with Crippen LogP contribution >= 0.6 is 0 Å². The average molecular weight is 270 g/mol. The molecule has 0 aromatic heterocycles. The first-order valence-electron chi connectivity index (χ1n) is 8.27. The number of hydrogen-bond acceptors (Lipinski definition) is 1. The van der Waals surface area contributed by atoms with Crippen LogP contribution in [0, 0.1) is 17.8 Å². The molecule has 0 spiro atoms. The number of unbranched alkanes of at least 4 members (excludes halogenated alkanes) is 2. The van der Waals surface area contributed by atoms with E-state index in [-0.39, 0.29) is 5.92 Å². The Morgan fingerprint density at radius 2 is 1.68 bits per heavy atom. The second-order valence-electron chi connectivity index (χ2n) is 6.17. The van der Waals surface area contributed by atoms with Gasteiger partial charge in [-0.25, -0.2) is 0 Å². The van der Waals surface area contributed by atoms with Gasteiger partial charge < -0.3 is 5.11 Å². The minimum atomic E-state index is -0.582. The van der Waals surface area contributed by atoms with Crippen molar-refractivity contribution in [3.05, 3.63) is 0 Å². The summed E-state index contributed by atoms with van der Waals surface area (Å²) in [6, 6.07) is 0. The first-order chi connectivity index (χ1) is 9.04. The van der Waals surface area contributed by atoms with E-state index in [0.717, 1.165) is 38.0 Å². The minimum absolute atomic E-state index is 0.118. The van der Waals surface area contributed by atoms with Crippen LogP contribution < -0.4 is 0 Å². The summed E-state index contributed by atoms with van der Waals surface area (Å²) in [5.74, 6) is 0.623. The molecular formula is C17H34O2. The number of carboxylic acid groups (broad SMARTS) is 1. The normalized spacial score (nSPS) is 16.0. The molecular weight excluding hydrogens is 236 g/mol. The van der Waals surface area contributed by atoms with Crippen molar-refractivity contribution in [1.29, 1.82) is 0 Å². The van der Waals surface area contributed by atoms with E-state index >= 15 is 0 Å². The molecule has 0 aliphatic heterocycles. The SMILES string of the molecule is CCCCCC(CC(CCC)CC(C)CC)C(=O)O. The zero-order chi connectivity index (χ0) is 14.7. The molecule has 3 unspecified atom stereocenters. The number of carbonyl (C=O) groups is 1. The van der Waals surface area contributed by atoms with E-state index in [1.165, 1.54) is 25.7 Å². The number of rotatable bonds is 12. The van der Waals surface area contributed by atoms with Gasteiger partial charge in [0.15, 0.2) is 0 Å². The summed E-state index contributed by atoms with van der Waals surface area (Å²) < 4.78 is 0. The standard InChI is InChI=1S/C17H34O2/c1-5-8-9-11-16(17(18)19)13-15(10-6-2)12-14(4)7-3/h14-16H,5-13H2,1-4H3,(H,18,19). The van der Waals surface area contributed by atoms with E-state index in [2.05, 4.69) is 27.7 Å². The topological polar surface area (TPSA) is 37.3 Å². The lowest BCUT2D eigenvalue weighted by Crippen LogP contribution is -2.19. The van der Waals surface area contributed by atoms with Crippen molar-refractivity contribution in [2.24, 2.45) is 17.8 Å². The minimum Gasteiger partial charge on any atom is -0.481 e. The van der Waals surface area contributed by atoms with Crippen molar-refractivity contribution in [1.82, 2.24) is 0 Å². The van der Waals surface area contributed by atoms with Crippen molar-refractivity contribution >= 4 is 5.97 Å². The number of hydrogen-bond donors (Lipinski definition) is 1. The van der Waals surface area contributed by atoms with Gasteiger partial charge in [0.2, 0.25) is 0 Å². The molecule has 0 heterocycles. The molecule has 0 saturated carbocycles. The molecule has 3 atom stereocenters. The van der Waals surface area contributed by atoms with Gasteiger partial charge in [-0.05, 0) is 31.1 Å². The molecule has 0 radical (unpaired) electrons. The quantitative estimate of drug-likeness (QED) is 0.475. The van der Waals surface area contributed by atoms with Gasteiger partial charge in [0, 0.05) is 0 Å². The maximum absolute atomic E-state index is 11.4. The summed E-state index contributed by atoms with van der Waals surface area (Å²) in [4.78, 5) is 11.4. The predicted octanol–water partition coefficient (Wildman–Crippen LogP) is 5.51. The van der Waals surface area contributed by atoms with Crippen LogP contribution in [0.5, 0.6) is 0 Å². The molecule has 0 aromatic carbocycles. The predicted molar refractivity (Wildman–Crippen MR) is 82.4 cm³/mol. The summed E-state index contributed by atoms with van der Waals surface area (Å²) in [6.45, 7) is 8.88. The second kappa shape index (κ2) is 11.3. The van der Waals surface area contributed by atoms with Crippen LogP contribution in [0.25, 0.3) is 0 Å². The van der Waals surface area contributed by atoms with E-state index < -0.39 is 5.97 Å². The zero-order valence-electron chi connectivity index (χ0n) is 13.5. The third-order valence-corrected chi connectivity index (χ3v) is 4.25. The Kier molecular flexibility index (Phi) is 11.0. The van der Waals surface area contributed by atoms with Gasteiger partial charge in [0.05, 0.1) is 5.92 Å². The zero-order valence-corrected chi connectivity index (χ0v) is 13.5. The summed E-state index contributed by atoms with van der Waals surface area (Å²) in [6.07, 6.45) is 9.89. The molecule has 0 amide bonds. The smallest absolute Gasteiger partial charge is 0.306 e. The van der Waals surface area contributed by atoms with Gasteiger partial charge in [-0.1, -0.05) is 66.2 Å². The van der Waals surface area contributed by atoms with Gasteiger partial charge in [-0.3, -0.25) is 4.79 Å². The van der Waals surface area contributed by atoms with Crippen LogP contribution in [0.3, 0.4) is 0 Å². The van der Waals surface area contributed by atoms with Gasteiger partial charge in [-0.15, -0.1) is 0 Å². The van der Waals surface area contributed by atoms with Gasteiger partial charge >= 0.3 is 5.97 Å². The third kappa shape index (κ3) is 9.07. The molecule has 0 bridgehead atoms. The largest absolute Gasteiger partial charge is 0.481 e. The van der Waals surface area contributed by atoms with E-state index in [4.69, 9.17) is 0 Å². The fourth-order valence-electron chi connectivity index (χ4n) is 2.86. The fraction of sp³-hybridized carbons (Fsp3) is 0.941. The van der Waals surface area contributed by atoms with Crippen molar-refractivity contribution in [2.45, 2.75) is 85.5 Å².